The molecule has 0 bridgehead atoms. The summed E-state index contributed by atoms with van der Waals surface area (Å²) in [5, 5.41) is 12.1. The van der Waals surface area contributed by atoms with Crippen LogP contribution in [0.4, 0.5) is 0 Å². The molecule has 0 unspecified atom stereocenters. The van der Waals surface area contributed by atoms with Crippen LogP contribution >= 0.6 is 0 Å². The van der Waals surface area contributed by atoms with Gasteiger partial charge in [0, 0.05) is 25.4 Å². The molecule has 0 aliphatic rings. The molecule has 0 saturated heterocycles. The smallest absolute Gasteiger partial charge is 0.251 e. The van der Waals surface area contributed by atoms with Crippen molar-refractivity contribution >= 4 is 5.91 Å². The van der Waals surface area contributed by atoms with E-state index in [2.05, 4.69) is 29.4 Å². The average molecular weight is 290 g/mol. The molecule has 7 heteroatoms. The van der Waals surface area contributed by atoms with E-state index in [1.165, 1.54) is 6.20 Å². The van der Waals surface area contributed by atoms with Gasteiger partial charge in [-0.05, 0) is 19.4 Å². The Bertz CT molecular complexity index is 640. The molecular formula is C14H22N6O. The van der Waals surface area contributed by atoms with Crippen LogP contribution in [-0.2, 0) is 13.6 Å². The average Bonchev–Trinajstić information content (AvgIpc) is 2.95. The number of nitrogens with zero attached hydrogens (tertiary/aromatic N) is 4. The number of nitrogens with two attached hydrogens (primary N) is 1. The maximum absolute atomic E-state index is 11.2. The van der Waals surface area contributed by atoms with Crippen molar-refractivity contribution in [3.8, 4) is 5.82 Å². The Morgan fingerprint density at radius 1 is 1.48 bits per heavy atom. The van der Waals surface area contributed by atoms with Crippen LogP contribution in [0.1, 0.15) is 35.5 Å². The maximum Gasteiger partial charge on any atom is 0.251 e. The van der Waals surface area contributed by atoms with Crippen LogP contribution in [0.3, 0.4) is 0 Å². The lowest BCUT2D eigenvalue weighted by molar-refractivity contribution is 0.100. The van der Waals surface area contributed by atoms with Crippen molar-refractivity contribution in [1.29, 1.82) is 0 Å². The van der Waals surface area contributed by atoms with Gasteiger partial charge in [-0.2, -0.15) is 10.2 Å². The number of primary amides is 1. The quantitative estimate of drug-likeness (QED) is 0.821. The molecule has 1 amide bonds. The number of carbonyl (C=O) groups excluding carboxylic acids is 1. The van der Waals surface area contributed by atoms with E-state index in [0.29, 0.717) is 18.0 Å². The number of carbonyl (C=O) groups is 1. The molecule has 7 nitrogen and oxygen atoms in total. The molecule has 2 rings (SSSR count). The van der Waals surface area contributed by atoms with Gasteiger partial charge in [0.05, 0.1) is 17.5 Å². The van der Waals surface area contributed by atoms with Crippen LogP contribution in [0.2, 0.25) is 0 Å². The molecule has 114 valence electrons. The van der Waals surface area contributed by atoms with Crippen molar-refractivity contribution in [3.63, 3.8) is 0 Å². The predicted octanol–water partition coefficient (Wildman–Crippen LogP) is 0.759. The van der Waals surface area contributed by atoms with E-state index in [-0.39, 0.29) is 0 Å². The summed E-state index contributed by atoms with van der Waals surface area (Å²) in [5.74, 6) is 0.937. The highest BCUT2D eigenvalue weighted by molar-refractivity contribution is 5.92. The van der Waals surface area contributed by atoms with Gasteiger partial charge in [0.1, 0.15) is 0 Å². The normalized spacial score (nSPS) is 11.3. The van der Waals surface area contributed by atoms with Crippen LogP contribution in [0.5, 0.6) is 0 Å². The van der Waals surface area contributed by atoms with E-state index in [1.54, 1.807) is 15.6 Å². The van der Waals surface area contributed by atoms with Gasteiger partial charge >= 0.3 is 0 Å². The van der Waals surface area contributed by atoms with E-state index < -0.39 is 5.91 Å². The zero-order valence-corrected chi connectivity index (χ0v) is 12.9. The lowest BCUT2D eigenvalue weighted by Crippen LogP contribution is -2.20. The molecule has 0 fully saturated rings. The first-order valence-electron chi connectivity index (χ1n) is 6.98. The number of amides is 1. The highest BCUT2D eigenvalue weighted by Gasteiger charge is 2.16. The second-order valence-electron chi connectivity index (χ2n) is 5.57. The van der Waals surface area contributed by atoms with Crippen LogP contribution in [0.15, 0.2) is 12.4 Å². The molecular weight excluding hydrogens is 268 g/mol. The predicted molar refractivity (Wildman–Crippen MR) is 80.1 cm³/mol. The Morgan fingerprint density at radius 3 is 2.76 bits per heavy atom. The van der Waals surface area contributed by atoms with Gasteiger partial charge in [-0.1, -0.05) is 13.8 Å². The Balaban J connectivity index is 2.31. The number of hydrogen-bond acceptors (Lipinski definition) is 4. The number of nitrogens with one attached hydrogen (secondary N) is 1. The summed E-state index contributed by atoms with van der Waals surface area (Å²) in [4.78, 5) is 11.2. The lowest BCUT2D eigenvalue weighted by Gasteiger charge is -2.09. The van der Waals surface area contributed by atoms with Crippen molar-refractivity contribution in [2.24, 2.45) is 18.7 Å². The van der Waals surface area contributed by atoms with Crippen molar-refractivity contribution in [3.05, 3.63) is 29.2 Å². The fraction of sp³-hybridized carbons (Fsp3) is 0.500. The van der Waals surface area contributed by atoms with E-state index in [0.717, 1.165) is 23.6 Å². The molecule has 2 aromatic rings. The number of rotatable bonds is 6. The second-order valence-corrected chi connectivity index (χ2v) is 5.57. The Morgan fingerprint density at radius 2 is 2.19 bits per heavy atom. The Kier molecular flexibility index (Phi) is 4.42. The molecule has 2 aromatic heterocycles. The summed E-state index contributed by atoms with van der Waals surface area (Å²) in [6.07, 6.45) is 3.10. The topological polar surface area (TPSA) is 90.8 Å². The van der Waals surface area contributed by atoms with Crippen LogP contribution < -0.4 is 11.1 Å². The fourth-order valence-corrected chi connectivity index (χ4v) is 2.24. The summed E-state index contributed by atoms with van der Waals surface area (Å²) >= 11 is 0. The first kappa shape index (κ1) is 15.2. The molecule has 0 aromatic carbocycles. The number of hydrogen-bond donors (Lipinski definition) is 2. The molecule has 0 aliphatic carbocycles. The summed E-state index contributed by atoms with van der Waals surface area (Å²) < 4.78 is 3.41. The minimum Gasteiger partial charge on any atom is -0.366 e. The third-order valence-electron chi connectivity index (χ3n) is 3.25. The summed E-state index contributed by atoms with van der Waals surface area (Å²) in [5.41, 5.74) is 7.67. The van der Waals surface area contributed by atoms with Gasteiger partial charge in [-0.15, -0.1) is 0 Å². The van der Waals surface area contributed by atoms with Crippen molar-refractivity contribution in [1.82, 2.24) is 24.9 Å². The Hall–Kier alpha value is -2.15. The third kappa shape index (κ3) is 3.30. The zero-order valence-electron chi connectivity index (χ0n) is 12.9. The fourth-order valence-electron chi connectivity index (χ4n) is 2.24. The van der Waals surface area contributed by atoms with Crippen LogP contribution in [0.25, 0.3) is 5.82 Å². The maximum atomic E-state index is 11.2. The van der Waals surface area contributed by atoms with Gasteiger partial charge in [-0.3, -0.25) is 9.48 Å². The number of aromatic nitrogens is 4. The van der Waals surface area contributed by atoms with Crippen molar-refractivity contribution in [2.45, 2.75) is 27.3 Å². The zero-order chi connectivity index (χ0) is 15.6. The summed E-state index contributed by atoms with van der Waals surface area (Å²) in [6.45, 7) is 7.93. The lowest BCUT2D eigenvalue weighted by atomic mass is 10.2. The molecule has 0 atom stereocenters. The summed E-state index contributed by atoms with van der Waals surface area (Å²) in [6, 6.07) is 0. The van der Waals surface area contributed by atoms with Gasteiger partial charge in [0.25, 0.3) is 5.91 Å². The SMILES string of the molecule is Cc1nn(C)c(-n2cc(C(N)=O)cn2)c1CNCC(C)C. The standard InChI is InChI=1S/C14H22N6O/c1-9(2)5-16-7-12-10(3)18-19(4)14(12)20-8-11(6-17-20)13(15)21/h6,8-9,16H,5,7H2,1-4H3,(H2,15,21). The first-order chi connectivity index (χ1) is 9.90. The van der Waals surface area contributed by atoms with Gasteiger partial charge < -0.3 is 11.1 Å². The van der Waals surface area contributed by atoms with Crippen molar-refractivity contribution < 1.29 is 4.79 Å². The molecule has 0 radical (unpaired) electrons. The van der Waals surface area contributed by atoms with Gasteiger partial charge in [0.2, 0.25) is 0 Å². The summed E-state index contributed by atoms with van der Waals surface area (Å²) in [7, 11) is 1.86. The third-order valence-corrected chi connectivity index (χ3v) is 3.25. The van der Waals surface area contributed by atoms with E-state index in [1.807, 2.05) is 14.0 Å². The minimum absolute atomic E-state index is 0.384. The van der Waals surface area contributed by atoms with Gasteiger partial charge in [0.15, 0.2) is 5.82 Å². The Labute approximate surface area is 124 Å². The highest BCUT2D eigenvalue weighted by Crippen LogP contribution is 2.17. The molecule has 0 aliphatic heterocycles. The van der Waals surface area contributed by atoms with E-state index >= 15 is 0 Å². The molecule has 21 heavy (non-hydrogen) atoms. The van der Waals surface area contributed by atoms with Crippen molar-refractivity contribution in [2.75, 3.05) is 6.54 Å². The molecule has 3 N–H and O–H groups in total. The minimum atomic E-state index is -0.486. The van der Waals surface area contributed by atoms with E-state index in [4.69, 9.17) is 5.73 Å². The highest BCUT2D eigenvalue weighted by atomic mass is 16.1. The van der Waals surface area contributed by atoms with Crippen LogP contribution in [-0.4, -0.2) is 32.0 Å². The van der Waals surface area contributed by atoms with E-state index in [9.17, 15) is 4.79 Å². The largest absolute Gasteiger partial charge is 0.366 e. The first-order valence-corrected chi connectivity index (χ1v) is 6.98. The molecule has 0 saturated carbocycles. The molecule has 0 spiro atoms. The second kappa shape index (κ2) is 6.09. The monoisotopic (exact) mass is 290 g/mol. The molecule has 2 heterocycles. The number of aryl methyl sites for hydroxylation is 2. The van der Waals surface area contributed by atoms with Crippen LogP contribution in [0, 0.1) is 12.8 Å². The van der Waals surface area contributed by atoms with Gasteiger partial charge in [-0.25, -0.2) is 4.68 Å².